The van der Waals surface area contributed by atoms with Gasteiger partial charge < -0.3 is 10.0 Å². The Hall–Kier alpha value is -2.97. The molecule has 0 atom stereocenters. The standard InChI is InChI=1S/C22H22N4O/c23-15-17-3-1-4-18(13-17)22-21-19(5-2-9-24-21)14-20(25-22)26-10-6-16(7-11-26)8-12-27/h1-5,9,13-14,16,27H,6-8,10-12H2. The van der Waals surface area contributed by atoms with Gasteiger partial charge in [-0.1, -0.05) is 18.2 Å². The molecule has 136 valence electrons. The van der Waals surface area contributed by atoms with Crippen molar-refractivity contribution in [1.29, 1.82) is 5.26 Å². The van der Waals surface area contributed by atoms with E-state index in [1.54, 1.807) is 12.3 Å². The van der Waals surface area contributed by atoms with Crippen molar-refractivity contribution in [3.05, 3.63) is 54.2 Å². The van der Waals surface area contributed by atoms with Crippen LogP contribution in [0.25, 0.3) is 22.2 Å². The molecule has 4 rings (SSSR count). The van der Waals surface area contributed by atoms with Gasteiger partial charge in [-0.15, -0.1) is 0 Å². The second kappa shape index (κ2) is 7.73. The SMILES string of the molecule is N#Cc1cccc(-c2nc(N3CCC(CCO)CC3)cc3cccnc23)c1. The summed E-state index contributed by atoms with van der Waals surface area (Å²) in [6.07, 6.45) is 4.82. The monoisotopic (exact) mass is 358 g/mol. The number of anilines is 1. The van der Waals surface area contributed by atoms with E-state index in [0.29, 0.717) is 11.5 Å². The van der Waals surface area contributed by atoms with Crippen LogP contribution in [-0.4, -0.2) is 34.8 Å². The fraction of sp³-hybridized carbons (Fsp3) is 0.318. The first-order chi connectivity index (χ1) is 13.3. The minimum atomic E-state index is 0.268. The number of pyridine rings is 2. The highest BCUT2D eigenvalue weighted by Gasteiger charge is 2.21. The topological polar surface area (TPSA) is 73.0 Å². The fourth-order valence-corrected chi connectivity index (χ4v) is 3.80. The molecule has 5 nitrogen and oxygen atoms in total. The van der Waals surface area contributed by atoms with Gasteiger partial charge in [0.25, 0.3) is 0 Å². The lowest BCUT2D eigenvalue weighted by Crippen LogP contribution is -2.34. The molecule has 1 aromatic carbocycles. The second-order valence-electron chi connectivity index (χ2n) is 7.04. The van der Waals surface area contributed by atoms with Gasteiger partial charge in [-0.05, 0) is 49.4 Å². The molecule has 3 heterocycles. The van der Waals surface area contributed by atoms with Crippen molar-refractivity contribution in [2.24, 2.45) is 5.92 Å². The Bertz CT molecular complexity index is 987. The Morgan fingerprint density at radius 2 is 2.00 bits per heavy atom. The molecule has 0 aliphatic carbocycles. The molecule has 0 radical (unpaired) electrons. The van der Waals surface area contributed by atoms with Crippen molar-refractivity contribution in [1.82, 2.24) is 9.97 Å². The van der Waals surface area contributed by atoms with Gasteiger partial charge in [0.2, 0.25) is 0 Å². The van der Waals surface area contributed by atoms with Gasteiger partial charge in [-0.25, -0.2) is 4.98 Å². The highest BCUT2D eigenvalue weighted by molar-refractivity contribution is 5.93. The van der Waals surface area contributed by atoms with E-state index in [9.17, 15) is 5.26 Å². The molecule has 0 bridgehead atoms. The smallest absolute Gasteiger partial charge is 0.129 e. The zero-order chi connectivity index (χ0) is 18.6. The van der Waals surface area contributed by atoms with Crippen LogP contribution in [0.1, 0.15) is 24.8 Å². The van der Waals surface area contributed by atoms with Crippen molar-refractivity contribution in [2.75, 3.05) is 24.6 Å². The number of aliphatic hydroxyl groups is 1. The van der Waals surface area contributed by atoms with Crippen LogP contribution in [0.4, 0.5) is 5.82 Å². The summed E-state index contributed by atoms with van der Waals surface area (Å²) < 4.78 is 0. The van der Waals surface area contributed by atoms with Gasteiger partial charge in [-0.3, -0.25) is 4.98 Å². The number of nitriles is 1. The predicted octanol–water partition coefficient (Wildman–Crippen LogP) is 3.77. The normalized spacial score (nSPS) is 15.0. The van der Waals surface area contributed by atoms with E-state index in [1.165, 1.54) is 0 Å². The molecule has 1 saturated heterocycles. The van der Waals surface area contributed by atoms with Gasteiger partial charge in [0.05, 0.1) is 22.8 Å². The van der Waals surface area contributed by atoms with Gasteiger partial charge >= 0.3 is 0 Å². The summed E-state index contributed by atoms with van der Waals surface area (Å²) in [5.74, 6) is 1.55. The second-order valence-corrected chi connectivity index (χ2v) is 7.04. The fourth-order valence-electron chi connectivity index (χ4n) is 3.80. The van der Waals surface area contributed by atoms with Crippen molar-refractivity contribution in [3.63, 3.8) is 0 Å². The molecule has 1 aliphatic heterocycles. The number of benzene rings is 1. The van der Waals surface area contributed by atoms with Crippen LogP contribution in [-0.2, 0) is 0 Å². The van der Waals surface area contributed by atoms with E-state index in [-0.39, 0.29) is 6.61 Å². The molecular weight excluding hydrogens is 336 g/mol. The molecule has 0 unspecified atom stereocenters. The molecule has 5 heteroatoms. The van der Waals surface area contributed by atoms with Crippen LogP contribution in [0.15, 0.2) is 48.7 Å². The molecule has 0 saturated carbocycles. The number of piperidine rings is 1. The average molecular weight is 358 g/mol. The summed E-state index contributed by atoms with van der Waals surface area (Å²) >= 11 is 0. The van der Waals surface area contributed by atoms with Gasteiger partial charge in [0.1, 0.15) is 5.82 Å². The molecular formula is C22H22N4O. The summed E-state index contributed by atoms with van der Waals surface area (Å²) in [6.45, 7) is 2.16. The maximum Gasteiger partial charge on any atom is 0.129 e. The molecule has 1 aliphatic rings. The lowest BCUT2D eigenvalue weighted by atomic mass is 9.94. The van der Waals surface area contributed by atoms with Crippen LogP contribution < -0.4 is 4.90 Å². The van der Waals surface area contributed by atoms with E-state index in [2.05, 4.69) is 28.1 Å². The zero-order valence-corrected chi connectivity index (χ0v) is 15.2. The van der Waals surface area contributed by atoms with Crippen LogP contribution in [0, 0.1) is 17.2 Å². The Morgan fingerprint density at radius 1 is 1.15 bits per heavy atom. The summed E-state index contributed by atoms with van der Waals surface area (Å²) in [5, 5.41) is 19.5. The number of nitrogens with zero attached hydrogens (tertiary/aromatic N) is 4. The Balaban J connectivity index is 1.74. The van der Waals surface area contributed by atoms with E-state index >= 15 is 0 Å². The highest BCUT2D eigenvalue weighted by atomic mass is 16.3. The molecule has 1 fully saturated rings. The van der Waals surface area contributed by atoms with Crippen molar-refractivity contribution in [2.45, 2.75) is 19.3 Å². The first kappa shape index (κ1) is 17.4. The van der Waals surface area contributed by atoms with E-state index in [4.69, 9.17) is 10.1 Å². The minimum Gasteiger partial charge on any atom is -0.396 e. The largest absolute Gasteiger partial charge is 0.396 e. The summed E-state index contributed by atoms with van der Waals surface area (Å²) in [5.41, 5.74) is 3.20. The van der Waals surface area contributed by atoms with Crippen molar-refractivity contribution >= 4 is 16.7 Å². The Morgan fingerprint density at radius 3 is 2.78 bits per heavy atom. The molecule has 0 amide bonds. The predicted molar refractivity (Wildman–Crippen MR) is 106 cm³/mol. The molecule has 0 spiro atoms. The quantitative estimate of drug-likeness (QED) is 0.768. The first-order valence-electron chi connectivity index (χ1n) is 9.40. The summed E-state index contributed by atoms with van der Waals surface area (Å²) in [6, 6.07) is 15.8. The number of aromatic nitrogens is 2. The van der Waals surface area contributed by atoms with Crippen molar-refractivity contribution < 1.29 is 5.11 Å². The number of hydrogen-bond acceptors (Lipinski definition) is 5. The summed E-state index contributed by atoms with van der Waals surface area (Å²) in [4.78, 5) is 11.8. The number of rotatable bonds is 4. The lowest BCUT2D eigenvalue weighted by molar-refractivity contribution is 0.240. The number of fused-ring (bicyclic) bond motifs is 1. The van der Waals surface area contributed by atoms with Crippen LogP contribution in [0.2, 0.25) is 0 Å². The van der Waals surface area contributed by atoms with Gasteiger partial charge in [-0.2, -0.15) is 5.26 Å². The third-order valence-electron chi connectivity index (χ3n) is 5.32. The molecule has 2 aromatic heterocycles. The Kier molecular flexibility index (Phi) is 4.99. The maximum atomic E-state index is 9.24. The highest BCUT2D eigenvalue weighted by Crippen LogP contribution is 2.31. The first-order valence-corrected chi connectivity index (χ1v) is 9.40. The summed E-state index contributed by atoms with van der Waals surface area (Å²) in [7, 11) is 0. The average Bonchev–Trinajstić information content (AvgIpc) is 2.74. The van der Waals surface area contributed by atoms with Crippen LogP contribution in [0.3, 0.4) is 0 Å². The third kappa shape index (κ3) is 3.62. The third-order valence-corrected chi connectivity index (χ3v) is 5.32. The molecule has 1 N–H and O–H groups in total. The minimum absolute atomic E-state index is 0.268. The van der Waals surface area contributed by atoms with E-state index in [1.807, 2.05) is 24.3 Å². The Labute approximate surface area is 158 Å². The van der Waals surface area contributed by atoms with Gasteiger partial charge in [0, 0.05) is 36.8 Å². The van der Waals surface area contributed by atoms with Crippen molar-refractivity contribution in [3.8, 4) is 17.3 Å². The molecule has 27 heavy (non-hydrogen) atoms. The zero-order valence-electron chi connectivity index (χ0n) is 15.2. The van der Waals surface area contributed by atoms with Crippen LogP contribution in [0.5, 0.6) is 0 Å². The lowest BCUT2D eigenvalue weighted by Gasteiger charge is -2.33. The van der Waals surface area contributed by atoms with E-state index < -0.39 is 0 Å². The van der Waals surface area contributed by atoms with Gasteiger partial charge in [0.15, 0.2) is 0 Å². The molecule has 3 aromatic rings. The maximum absolute atomic E-state index is 9.24. The number of hydrogen-bond donors (Lipinski definition) is 1. The van der Waals surface area contributed by atoms with Crippen LogP contribution >= 0.6 is 0 Å². The number of aliphatic hydroxyl groups excluding tert-OH is 1. The van der Waals surface area contributed by atoms with E-state index in [0.717, 1.165) is 60.3 Å².